The van der Waals surface area contributed by atoms with Crippen LogP contribution in [-0.2, 0) is 9.59 Å². The topological polar surface area (TPSA) is 49.4 Å². The van der Waals surface area contributed by atoms with E-state index in [2.05, 4.69) is 18.5 Å². The lowest BCUT2D eigenvalue weighted by Gasteiger charge is -2.26. The van der Waals surface area contributed by atoms with Crippen LogP contribution in [0.15, 0.2) is 0 Å². The number of thioether (sulfide) groups is 1. The number of nitrogens with zero attached hydrogens (tertiary/aromatic N) is 1. The summed E-state index contributed by atoms with van der Waals surface area (Å²) in [7, 11) is 0. The maximum atomic E-state index is 12.6. The third-order valence-corrected chi connectivity index (χ3v) is 5.26. The Morgan fingerprint density at radius 2 is 1.90 bits per heavy atom. The van der Waals surface area contributed by atoms with Gasteiger partial charge in [0.05, 0.1) is 12.5 Å². The summed E-state index contributed by atoms with van der Waals surface area (Å²) in [4.78, 5) is 26.4. The van der Waals surface area contributed by atoms with Gasteiger partial charge in [-0.15, -0.1) is 0 Å². The smallest absolute Gasteiger partial charge is 0.247 e. The number of rotatable bonds is 6. The quantitative estimate of drug-likeness (QED) is 0.605. The van der Waals surface area contributed by atoms with Crippen LogP contribution in [-0.4, -0.2) is 46.8 Å². The van der Waals surface area contributed by atoms with E-state index in [0.29, 0.717) is 6.42 Å². The van der Waals surface area contributed by atoms with Gasteiger partial charge < -0.3 is 5.32 Å². The number of carbonyl (C=O) groups is 2. The Kier molecular flexibility index (Phi) is 6.55. The zero-order valence-corrected chi connectivity index (χ0v) is 14.1. The molecule has 2 unspecified atom stereocenters. The number of nitrogens with one attached hydrogen (secondary N) is 1. The molecule has 120 valence electrons. The number of imide groups is 1. The molecule has 5 heteroatoms. The van der Waals surface area contributed by atoms with Crippen LogP contribution in [0.5, 0.6) is 0 Å². The molecule has 2 rings (SSSR count). The first-order valence-corrected chi connectivity index (χ1v) is 9.63. The summed E-state index contributed by atoms with van der Waals surface area (Å²) in [6.07, 6.45) is 10.2. The van der Waals surface area contributed by atoms with Crippen molar-refractivity contribution in [3.63, 3.8) is 0 Å². The fourth-order valence-electron chi connectivity index (χ4n) is 3.40. The van der Waals surface area contributed by atoms with Gasteiger partial charge in [0.15, 0.2) is 0 Å². The summed E-state index contributed by atoms with van der Waals surface area (Å²) in [5.41, 5.74) is 0. The summed E-state index contributed by atoms with van der Waals surface area (Å²) < 4.78 is 0. The van der Waals surface area contributed by atoms with Crippen LogP contribution in [0.25, 0.3) is 0 Å². The van der Waals surface area contributed by atoms with E-state index in [1.54, 1.807) is 4.90 Å². The summed E-state index contributed by atoms with van der Waals surface area (Å²) in [6, 6.07) is 0.145. The zero-order chi connectivity index (χ0) is 15.2. The molecule has 2 atom stereocenters. The van der Waals surface area contributed by atoms with Crippen LogP contribution in [0.4, 0.5) is 0 Å². The van der Waals surface area contributed by atoms with Crippen LogP contribution in [0.2, 0.25) is 0 Å². The molecule has 1 aliphatic carbocycles. The van der Waals surface area contributed by atoms with Crippen molar-refractivity contribution in [2.75, 3.05) is 12.0 Å². The number of hydrogen-bond acceptors (Lipinski definition) is 4. The molecule has 0 spiro atoms. The van der Waals surface area contributed by atoms with Crippen molar-refractivity contribution in [1.29, 1.82) is 0 Å². The Morgan fingerprint density at radius 1 is 1.24 bits per heavy atom. The lowest BCUT2D eigenvalue weighted by Crippen LogP contribution is -2.46. The van der Waals surface area contributed by atoms with Crippen molar-refractivity contribution in [1.82, 2.24) is 10.2 Å². The number of likely N-dealkylation sites (tertiary alicyclic amines) is 1. The third kappa shape index (κ3) is 4.46. The van der Waals surface area contributed by atoms with E-state index in [-0.39, 0.29) is 29.9 Å². The number of carbonyl (C=O) groups excluding carboxylic acids is 2. The van der Waals surface area contributed by atoms with Crippen molar-refractivity contribution >= 4 is 23.6 Å². The lowest BCUT2D eigenvalue weighted by atomic mass is 10.1. The van der Waals surface area contributed by atoms with Crippen molar-refractivity contribution < 1.29 is 9.59 Å². The normalized spacial score (nSPS) is 26.2. The van der Waals surface area contributed by atoms with Gasteiger partial charge in [-0.25, -0.2) is 0 Å². The molecule has 0 radical (unpaired) electrons. The first kappa shape index (κ1) is 16.8. The van der Waals surface area contributed by atoms with Gasteiger partial charge in [0.2, 0.25) is 11.8 Å². The Bertz CT molecular complexity index is 367. The van der Waals surface area contributed by atoms with Crippen LogP contribution in [0.1, 0.15) is 58.3 Å². The van der Waals surface area contributed by atoms with Gasteiger partial charge in [-0.1, -0.05) is 25.7 Å². The van der Waals surface area contributed by atoms with Crippen molar-refractivity contribution in [2.24, 2.45) is 0 Å². The Hall–Kier alpha value is -0.550. The molecular formula is C16H28N2O2S. The summed E-state index contributed by atoms with van der Waals surface area (Å²) in [5, 5.41) is 3.35. The second-order valence-corrected chi connectivity index (χ2v) is 7.34. The minimum absolute atomic E-state index is 0.0166. The molecule has 21 heavy (non-hydrogen) atoms. The van der Waals surface area contributed by atoms with Crippen LogP contribution < -0.4 is 5.32 Å². The number of amides is 2. The molecule has 0 bridgehead atoms. The van der Waals surface area contributed by atoms with Crippen molar-refractivity contribution in [2.45, 2.75) is 76.4 Å². The second kappa shape index (κ2) is 8.18. The van der Waals surface area contributed by atoms with Gasteiger partial charge in [0, 0.05) is 12.1 Å². The lowest BCUT2D eigenvalue weighted by molar-refractivity contribution is -0.141. The molecule has 1 saturated carbocycles. The highest BCUT2D eigenvalue weighted by Crippen LogP contribution is 2.26. The molecule has 2 fully saturated rings. The Labute approximate surface area is 132 Å². The van der Waals surface area contributed by atoms with Gasteiger partial charge >= 0.3 is 0 Å². The minimum atomic E-state index is -0.294. The molecule has 4 nitrogen and oxygen atoms in total. The molecular weight excluding hydrogens is 284 g/mol. The first-order chi connectivity index (χ1) is 10.1. The highest BCUT2D eigenvalue weighted by molar-refractivity contribution is 7.98. The SMILES string of the molecule is CSCCC(C)NC1CC(=O)N(C2CCCCCC2)C1=O. The standard InChI is InChI=1S/C16H28N2O2S/c1-12(9-10-21-2)17-14-11-15(19)18(16(14)20)13-7-5-3-4-6-8-13/h12-14,17H,3-11H2,1-2H3. The fraction of sp³-hybridized carbons (Fsp3) is 0.875. The summed E-state index contributed by atoms with van der Waals surface area (Å²) in [6.45, 7) is 2.10. The van der Waals surface area contributed by atoms with Gasteiger partial charge in [0.1, 0.15) is 0 Å². The van der Waals surface area contributed by atoms with E-state index in [9.17, 15) is 9.59 Å². The van der Waals surface area contributed by atoms with E-state index < -0.39 is 0 Å². The molecule has 1 aliphatic heterocycles. The molecule has 1 heterocycles. The van der Waals surface area contributed by atoms with E-state index in [1.165, 1.54) is 12.8 Å². The zero-order valence-electron chi connectivity index (χ0n) is 13.3. The third-order valence-electron chi connectivity index (χ3n) is 4.61. The summed E-state index contributed by atoms with van der Waals surface area (Å²) in [5.74, 6) is 1.12. The molecule has 0 aromatic carbocycles. The van der Waals surface area contributed by atoms with Crippen molar-refractivity contribution in [3.05, 3.63) is 0 Å². The molecule has 0 aromatic rings. The minimum Gasteiger partial charge on any atom is -0.303 e. The van der Waals surface area contributed by atoms with E-state index in [4.69, 9.17) is 0 Å². The predicted octanol–water partition coefficient (Wildman–Crippen LogP) is 2.57. The monoisotopic (exact) mass is 312 g/mol. The molecule has 2 amide bonds. The van der Waals surface area contributed by atoms with Gasteiger partial charge in [0.25, 0.3) is 0 Å². The largest absolute Gasteiger partial charge is 0.303 e. The van der Waals surface area contributed by atoms with Crippen LogP contribution in [0, 0.1) is 0 Å². The first-order valence-electron chi connectivity index (χ1n) is 8.24. The van der Waals surface area contributed by atoms with Crippen LogP contribution in [0.3, 0.4) is 0 Å². The molecule has 1 N–H and O–H groups in total. The maximum Gasteiger partial charge on any atom is 0.247 e. The van der Waals surface area contributed by atoms with Gasteiger partial charge in [-0.05, 0) is 38.2 Å². The maximum absolute atomic E-state index is 12.6. The molecule has 0 aromatic heterocycles. The number of hydrogen-bond donors (Lipinski definition) is 1. The Balaban J connectivity index is 1.92. The highest BCUT2D eigenvalue weighted by Gasteiger charge is 2.42. The van der Waals surface area contributed by atoms with Crippen molar-refractivity contribution in [3.8, 4) is 0 Å². The van der Waals surface area contributed by atoms with Gasteiger partial charge in [-0.3, -0.25) is 14.5 Å². The fourth-order valence-corrected chi connectivity index (χ4v) is 3.99. The Morgan fingerprint density at radius 3 is 2.52 bits per heavy atom. The molecule has 1 saturated heterocycles. The summed E-state index contributed by atoms with van der Waals surface area (Å²) >= 11 is 1.81. The van der Waals surface area contributed by atoms with E-state index in [0.717, 1.165) is 37.9 Å². The molecule has 2 aliphatic rings. The van der Waals surface area contributed by atoms with Crippen LogP contribution >= 0.6 is 11.8 Å². The van der Waals surface area contributed by atoms with E-state index in [1.807, 2.05) is 11.8 Å². The second-order valence-electron chi connectivity index (χ2n) is 6.35. The highest BCUT2D eigenvalue weighted by atomic mass is 32.2. The average molecular weight is 312 g/mol. The predicted molar refractivity (Wildman–Crippen MR) is 87.3 cm³/mol. The van der Waals surface area contributed by atoms with Gasteiger partial charge in [-0.2, -0.15) is 11.8 Å². The average Bonchev–Trinajstić information content (AvgIpc) is 2.66. The van der Waals surface area contributed by atoms with E-state index >= 15 is 0 Å².